The standard InChI is InChI=1S/C23H34N2O/c1-17(2)25(18(3)4)16-15-24-19(5)20-11-13-21(14-12-20)22-9-7-8-10-23(22)26-6/h7-14,17-19,24H,15-16H2,1-6H3. The van der Waals surface area contributed by atoms with Gasteiger partial charge >= 0.3 is 0 Å². The fourth-order valence-corrected chi connectivity index (χ4v) is 3.48. The zero-order valence-corrected chi connectivity index (χ0v) is 17.1. The Balaban J connectivity index is 1.97. The molecular formula is C23H34N2O. The van der Waals surface area contributed by atoms with Gasteiger partial charge in [-0.05, 0) is 51.8 Å². The van der Waals surface area contributed by atoms with Gasteiger partial charge in [0.1, 0.15) is 5.75 Å². The number of para-hydroxylation sites is 1. The average molecular weight is 355 g/mol. The van der Waals surface area contributed by atoms with Gasteiger partial charge in [-0.15, -0.1) is 0 Å². The molecule has 2 aromatic carbocycles. The van der Waals surface area contributed by atoms with E-state index in [9.17, 15) is 0 Å². The third kappa shape index (κ3) is 5.33. The maximum Gasteiger partial charge on any atom is 0.126 e. The molecule has 0 bridgehead atoms. The number of hydrogen-bond acceptors (Lipinski definition) is 3. The molecule has 142 valence electrons. The first kappa shape index (κ1) is 20.5. The summed E-state index contributed by atoms with van der Waals surface area (Å²) in [5.74, 6) is 0.911. The van der Waals surface area contributed by atoms with Crippen molar-refractivity contribution in [2.45, 2.75) is 52.7 Å². The average Bonchev–Trinajstić information content (AvgIpc) is 2.64. The van der Waals surface area contributed by atoms with Crippen LogP contribution in [0.2, 0.25) is 0 Å². The topological polar surface area (TPSA) is 24.5 Å². The van der Waals surface area contributed by atoms with Crippen molar-refractivity contribution in [2.24, 2.45) is 0 Å². The largest absolute Gasteiger partial charge is 0.496 e. The highest BCUT2D eigenvalue weighted by atomic mass is 16.5. The van der Waals surface area contributed by atoms with E-state index in [2.05, 4.69) is 75.2 Å². The number of methoxy groups -OCH3 is 1. The van der Waals surface area contributed by atoms with Crippen LogP contribution in [0.25, 0.3) is 11.1 Å². The molecular weight excluding hydrogens is 320 g/mol. The van der Waals surface area contributed by atoms with Crippen molar-refractivity contribution in [3.05, 3.63) is 54.1 Å². The molecule has 26 heavy (non-hydrogen) atoms. The van der Waals surface area contributed by atoms with Crippen LogP contribution in [0.5, 0.6) is 5.75 Å². The van der Waals surface area contributed by atoms with E-state index >= 15 is 0 Å². The molecule has 0 fully saturated rings. The summed E-state index contributed by atoms with van der Waals surface area (Å²) in [6.07, 6.45) is 0. The molecule has 0 spiro atoms. The molecule has 0 aliphatic rings. The zero-order valence-electron chi connectivity index (χ0n) is 17.1. The Bertz CT molecular complexity index is 656. The Morgan fingerprint density at radius 1 is 0.885 bits per heavy atom. The summed E-state index contributed by atoms with van der Waals surface area (Å²) < 4.78 is 5.47. The fourth-order valence-electron chi connectivity index (χ4n) is 3.48. The van der Waals surface area contributed by atoms with Gasteiger partial charge in [0.25, 0.3) is 0 Å². The molecule has 0 saturated carbocycles. The molecule has 3 heteroatoms. The smallest absolute Gasteiger partial charge is 0.126 e. The van der Waals surface area contributed by atoms with Crippen molar-refractivity contribution in [3.8, 4) is 16.9 Å². The quantitative estimate of drug-likeness (QED) is 0.675. The van der Waals surface area contributed by atoms with Gasteiger partial charge in [0.05, 0.1) is 7.11 Å². The first-order valence-corrected chi connectivity index (χ1v) is 9.66. The van der Waals surface area contributed by atoms with Gasteiger partial charge in [0.15, 0.2) is 0 Å². The first-order chi connectivity index (χ1) is 12.4. The molecule has 0 aliphatic heterocycles. The van der Waals surface area contributed by atoms with Crippen LogP contribution in [0.4, 0.5) is 0 Å². The van der Waals surface area contributed by atoms with E-state index < -0.39 is 0 Å². The molecule has 2 aromatic rings. The maximum atomic E-state index is 5.47. The van der Waals surface area contributed by atoms with E-state index in [0.717, 1.165) is 24.4 Å². The van der Waals surface area contributed by atoms with E-state index in [-0.39, 0.29) is 0 Å². The molecule has 1 atom stereocenters. The summed E-state index contributed by atoms with van der Waals surface area (Å²) in [5, 5.41) is 3.65. The number of nitrogens with zero attached hydrogens (tertiary/aromatic N) is 1. The zero-order chi connectivity index (χ0) is 19.1. The van der Waals surface area contributed by atoms with Gasteiger partial charge in [-0.25, -0.2) is 0 Å². The Labute approximate surface area is 159 Å². The summed E-state index contributed by atoms with van der Waals surface area (Å²) in [5.41, 5.74) is 3.63. The molecule has 3 nitrogen and oxygen atoms in total. The highest BCUT2D eigenvalue weighted by molar-refractivity contribution is 5.70. The first-order valence-electron chi connectivity index (χ1n) is 9.66. The monoisotopic (exact) mass is 354 g/mol. The normalized spacial score (nSPS) is 12.8. The number of ether oxygens (including phenoxy) is 1. The Morgan fingerprint density at radius 3 is 2.08 bits per heavy atom. The van der Waals surface area contributed by atoms with Crippen molar-refractivity contribution in [1.29, 1.82) is 0 Å². The minimum absolute atomic E-state index is 0.336. The summed E-state index contributed by atoms with van der Waals surface area (Å²) in [4.78, 5) is 2.52. The second-order valence-corrected chi connectivity index (χ2v) is 7.42. The van der Waals surface area contributed by atoms with Crippen LogP contribution < -0.4 is 10.1 Å². The molecule has 1 N–H and O–H groups in total. The molecule has 0 heterocycles. The number of nitrogens with one attached hydrogen (secondary N) is 1. The van der Waals surface area contributed by atoms with Crippen LogP contribution in [0.15, 0.2) is 48.5 Å². The Hall–Kier alpha value is -1.84. The Kier molecular flexibility index (Phi) is 7.67. The minimum Gasteiger partial charge on any atom is -0.496 e. The van der Waals surface area contributed by atoms with Gasteiger partial charge in [-0.3, -0.25) is 4.90 Å². The van der Waals surface area contributed by atoms with Crippen LogP contribution >= 0.6 is 0 Å². The lowest BCUT2D eigenvalue weighted by Gasteiger charge is -2.31. The van der Waals surface area contributed by atoms with Crippen LogP contribution in [-0.4, -0.2) is 37.2 Å². The molecule has 0 aromatic heterocycles. The van der Waals surface area contributed by atoms with E-state index in [1.165, 1.54) is 11.1 Å². The van der Waals surface area contributed by atoms with Crippen molar-refractivity contribution >= 4 is 0 Å². The molecule has 0 amide bonds. The van der Waals surface area contributed by atoms with Gasteiger partial charge in [-0.2, -0.15) is 0 Å². The summed E-state index contributed by atoms with van der Waals surface area (Å²) >= 11 is 0. The maximum absolute atomic E-state index is 5.47. The van der Waals surface area contributed by atoms with Crippen LogP contribution in [-0.2, 0) is 0 Å². The second-order valence-electron chi connectivity index (χ2n) is 7.42. The third-order valence-electron chi connectivity index (χ3n) is 4.98. The molecule has 0 radical (unpaired) electrons. The summed E-state index contributed by atoms with van der Waals surface area (Å²) in [7, 11) is 1.72. The predicted octanol–water partition coefficient (Wildman–Crippen LogP) is 5.13. The van der Waals surface area contributed by atoms with Crippen LogP contribution in [0.1, 0.15) is 46.2 Å². The Morgan fingerprint density at radius 2 is 1.50 bits per heavy atom. The van der Waals surface area contributed by atoms with Crippen molar-refractivity contribution in [3.63, 3.8) is 0 Å². The van der Waals surface area contributed by atoms with Crippen molar-refractivity contribution < 1.29 is 4.74 Å². The highest BCUT2D eigenvalue weighted by Crippen LogP contribution is 2.30. The van der Waals surface area contributed by atoms with Crippen molar-refractivity contribution in [2.75, 3.05) is 20.2 Å². The summed E-state index contributed by atoms with van der Waals surface area (Å²) in [6.45, 7) is 13.3. The van der Waals surface area contributed by atoms with E-state index in [4.69, 9.17) is 4.74 Å². The highest BCUT2D eigenvalue weighted by Gasteiger charge is 2.13. The van der Waals surface area contributed by atoms with Crippen LogP contribution in [0, 0.1) is 0 Å². The number of hydrogen-bond donors (Lipinski definition) is 1. The molecule has 2 rings (SSSR count). The third-order valence-corrected chi connectivity index (χ3v) is 4.98. The number of rotatable bonds is 9. The second kappa shape index (κ2) is 9.75. The van der Waals surface area contributed by atoms with Gasteiger partial charge < -0.3 is 10.1 Å². The molecule has 1 unspecified atom stereocenters. The number of benzene rings is 2. The lowest BCUT2D eigenvalue weighted by molar-refractivity contribution is 0.174. The minimum atomic E-state index is 0.336. The summed E-state index contributed by atoms with van der Waals surface area (Å²) in [6, 6.07) is 18.4. The van der Waals surface area contributed by atoms with Gasteiger partial charge in [0, 0.05) is 36.8 Å². The van der Waals surface area contributed by atoms with Crippen molar-refractivity contribution in [1.82, 2.24) is 10.2 Å². The molecule has 0 saturated heterocycles. The van der Waals surface area contributed by atoms with Gasteiger partial charge in [0.2, 0.25) is 0 Å². The van der Waals surface area contributed by atoms with E-state index in [1.54, 1.807) is 7.11 Å². The lowest BCUT2D eigenvalue weighted by Crippen LogP contribution is -2.41. The van der Waals surface area contributed by atoms with Crippen LogP contribution in [0.3, 0.4) is 0 Å². The van der Waals surface area contributed by atoms with E-state index in [1.807, 2.05) is 18.2 Å². The van der Waals surface area contributed by atoms with Gasteiger partial charge in [-0.1, -0.05) is 42.5 Å². The fraction of sp³-hybridized carbons (Fsp3) is 0.478. The predicted molar refractivity (Wildman–Crippen MR) is 112 cm³/mol. The molecule has 0 aliphatic carbocycles. The SMILES string of the molecule is COc1ccccc1-c1ccc(C(C)NCCN(C(C)C)C(C)C)cc1. The van der Waals surface area contributed by atoms with E-state index in [0.29, 0.717) is 18.1 Å². The lowest BCUT2D eigenvalue weighted by atomic mass is 10.0.